The van der Waals surface area contributed by atoms with Crippen molar-refractivity contribution in [2.24, 2.45) is 0 Å². The Morgan fingerprint density at radius 3 is 2.58 bits per heavy atom. The minimum absolute atomic E-state index is 0.336. The van der Waals surface area contributed by atoms with Crippen LogP contribution in [0, 0.1) is 5.82 Å². The quantitative estimate of drug-likeness (QED) is 0.799. The zero-order valence-corrected chi connectivity index (χ0v) is 14.1. The molecule has 3 nitrogen and oxygen atoms in total. The molecule has 3 atom stereocenters. The first-order valence-corrected chi connectivity index (χ1v) is 8.27. The third kappa shape index (κ3) is 4.41. The van der Waals surface area contributed by atoms with Gasteiger partial charge in [-0.2, -0.15) is 13.2 Å². The van der Waals surface area contributed by atoms with Gasteiger partial charge in [0.2, 0.25) is 0 Å². The van der Waals surface area contributed by atoms with Gasteiger partial charge in [-0.3, -0.25) is 0 Å². The summed E-state index contributed by atoms with van der Waals surface area (Å²) in [5, 5.41) is 3.24. The van der Waals surface area contributed by atoms with Crippen LogP contribution in [0.1, 0.15) is 35.8 Å². The van der Waals surface area contributed by atoms with E-state index in [0.29, 0.717) is 18.7 Å². The van der Waals surface area contributed by atoms with Crippen molar-refractivity contribution in [1.29, 1.82) is 0 Å². The van der Waals surface area contributed by atoms with Gasteiger partial charge < -0.3 is 14.8 Å². The standard InChI is InChI=1S/C19H19F4NO2/c1-12(14-3-2-4-15(11-14)19(21,22)23)26-18-17(24-9-10-25-18)13-5-7-16(20)8-6-13/h2-8,11-12,17-18,24H,9-10H2,1H3/t12-,17+,18-/m1/s1. The molecule has 0 unspecified atom stereocenters. The number of halogens is 4. The average Bonchev–Trinajstić information content (AvgIpc) is 2.62. The first kappa shape index (κ1) is 18.8. The molecule has 0 saturated carbocycles. The number of morpholine rings is 1. The molecular weight excluding hydrogens is 350 g/mol. The number of ether oxygens (including phenoxy) is 2. The lowest BCUT2D eigenvalue weighted by atomic mass is 10.0. The van der Waals surface area contributed by atoms with Gasteiger partial charge in [-0.25, -0.2) is 4.39 Å². The number of hydrogen-bond acceptors (Lipinski definition) is 3. The fourth-order valence-corrected chi connectivity index (χ4v) is 2.89. The minimum atomic E-state index is -4.41. The maximum Gasteiger partial charge on any atom is 0.416 e. The smallest absolute Gasteiger partial charge is 0.349 e. The predicted octanol–water partition coefficient (Wildman–Crippen LogP) is 4.61. The molecule has 0 aromatic heterocycles. The Labute approximate surface area is 148 Å². The van der Waals surface area contributed by atoms with Crippen molar-refractivity contribution in [3.8, 4) is 0 Å². The number of hydrogen-bond donors (Lipinski definition) is 1. The van der Waals surface area contributed by atoms with Crippen LogP contribution in [0.25, 0.3) is 0 Å². The highest BCUT2D eigenvalue weighted by atomic mass is 19.4. The molecule has 2 aromatic rings. The van der Waals surface area contributed by atoms with E-state index >= 15 is 0 Å². The van der Waals surface area contributed by atoms with Crippen LogP contribution in [0.2, 0.25) is 0 Å². The van der Waals surface area contributed by atoms with Gasteiger partial charge in [0.1, 0.15) is 5.82 Å². The fourth-order valence-electron chi connectivity index (χ4n) is 2.89. The predicted molar refractivity (Wildman–Crippen MR) is 87.8 cm³/mol. The Balaban J connectivity index is 1.76. The van der Waals surface area contributed by atoms with E-state index in [1.165, 1.54) is 18.2 Å². The summed E-state index contributed by atoms with van der Waals surface area (Å²) in [6.07, 6.45) is -5.71. The Bertz CT molecular complexity index is 733. The second-order valence-corrected chi connectivity index (χ2v) is 6.12. The summed E-state index contributed by atoms with van der Waals surface area (Å²) >= 11 is 0. The Hall–Kier alpha value is -1.96. The SMILES string of the molecule is C[C@@H](O[C@H]1OCCN[C@H]1c1ccc(F)cc1)c1cccc(C(F)(F)F)c1. The minimum Gasteiger partial charge on any atom is -0.349 e. The first-order valence-electron chi connectivity index (χ1n) is 8.27. The second-order valence-electron chi connectivity index (χ2n) is 6.12. The molecule has 0 aliphatic carbocycles. The molecule has 1 saturated heterocycles. The molecule has 1 fully saturated rings. The Morgan fingerprint density at radius 1 is 1.15 bits per heavy atom. The average molecular weight is 369 g/mol. The summed E-state index contributed by atoms with van der Waals surface area (Å²) < 4.78 is 63.4. The van der Waals surface area contributed by atoms with E-state index in [-0.39, 0.29) is 11.9 Å². The summed E-state index contributed by atoms with van der Waals surface area (Å²) in [5.41, 5.74) is 0.474. The van der Waals surface area contributed by atoms with Crippen LogP contribution < -0.4 is 5.32 Å². The van der Waals surface area contributed by atoms with Gasteiger partial charge in [0.05, 0.1) is 24.3 Å². The zero-order valence-electron chi connectivity index (χ0n) is 14.1. The molecule has 140 valence electrons. The summed E-state index contributed by atoms with van der Waals surface area (Å²) in [7, 11) is 0. The molecule has 1 aliphatic heterocycles. The topological polar surface area (TPSA) is 30.5 Å². The highest BCUT2D eigenvalue weighted by Crippen LogP contribution is 2.33. The van der Waals surface area contributed by atoms with E-state index in [4.69, 9.17) is 9.47 Å². The van der Waals surface area contributed by atoms with Gasteiger partial charge >= 0.3 is 6.18 Å². The fraction of sp³-hybridized carbons (Fsp3) is 0.368. The molecule has 0 bridgehead atoms. The summed E-state index contributed by atoms with van der Waals surface area (Å²) in [6.45, 7) is 2.69. The van der Waals surface area contributed by atoms with E-state index in [9.17, 15) is 17.6 Å². The maximum absolute atomic E-state index is 13.1. The second kappa shape index (κ2) is 7.73. The lowest BCUT2D eigenvalue weighted by molar-refractivity contribution is -0.200. The van der Waals surface area contributed by atoms with Crippen LogP contribution in [0.15, 0.2) is 48.5 Å². The molecule has 0 spiro atoms. The van der Waals surface area contributed by atoms with Crippen LogP contribution in [0.4, 0.5) is 17.6 Å². The molecule has 26 heavy (non-hydrogen) atoms. The van der Waals surface area contributed by atoms with Gasteiger partial charge in [-0.15, -0.1) is 0 Å². The van der Waals surface area contributed by atoms with Crippen LogP contribution in [0.5, 0.6) is 0 Å². The number of nitrogens with one attached hydrogen (secondary N) is 1. The molecule has 0 radical (unpaired) electrons. The largest absolute Gasteiger partial charge is 0.416 e. The van der Waals surface area contributed by atoms with Gasteiger partial charge in [0.25, 0.3) is 0 Å². The van der Waals surface area contributed by atoms with Crippen molar-refractivity contribution in [1.82, 2.24) is 5.32 Å². The third-order valence-electron chi connectivity index (χ3n) is 4.27. The molecule has 1 N–H and O–H groups in total. The Morgan fingerprint density at radius 2 is 1.88 bits per heavy atom. The van der Waals surface area contributed by atoms with Crippen LogP contribution in [-0.4, -0.2) is 19.4 Å². The van der Waals surface area contributed by atoms with Crippen LogP contribution in [-0.2, 0) is 15.7 Å². The monoisotopic (exact) mass is 369 g/mol. The lowest BCUT2D eigenvalue weighted by Crippen LogP contribution is -2.43. The highest BCUT2D eigenvalue weighted by Gasteiger charge is 2.32. The molecular formula is C19H19F4NO2. The number of rotatable bonds is 4. The summed E-state index contributed by atoms with van der Waals surface area (Å²) in [4.78, 5) is 0. The van der Waals surface area contributed by atoms with E-state index < -0.39 is 24.1 Å². The van der Waals surface area contributed by atoms with Crippen molar-refractivity contribution in [3.05, 3.63) is 71.0 Å². The van der Waals surface area contributed by atoms with Crippen molar-refractivity contribution < 1.29 is 27.0 Å². The van der Waals surface area contributed by atoms with Crippen molar-refractivity contribution >= 4 is 0 Å². The van der Waals surface area contributed by atoms with Crippen molar-refractivity contribution in [2.75, 3.05) is 13.2 Å². The van der Waals surface area contributed by atoms with Crippen molar-refractivity contribution in [3.63, 3.8) is 0 Å². The van der Waals surface area contributed by atoms with E-state index in [2.05, 4.69) is 5.32 Å². The highest BCUT2D eigenvalue weighted by molar-refractivity contribution is 5.27. The molecule has 0 amide bonds. The van der Waals surface area contributed by atoms with Gasteiger partial charge in [-0.1, -0.05) is 24.3 Å². The van der Waals surface area contributed by atoms with Crippen LogP contribution in [0.3, 0.4) is 0 Å². The van der Waals surface area contributed by atoms with Gasteiger partial charge in [0.15, 0.2) is 6.29 Å². The van der Waals surface area contributed by atoms with Crippen molar-refractivity contribution in [2.45, 2.75) is 31.5 Å². The van der Waals surface area contributed by atoms with E-state index in [0.717, 1.165) is 17.7 Å². The number of benzene rings is 2. The third-order valence-corrected chi connectivity index (χ3v) is 4.27. The molecule has 1 heterocycles. The molecule has 1 aliphatic rings. The molecule has 2 aromatic carbocycles. The maximum atomic E-state index is 13.1. The van der Waals surface area contributed by atoms with Gasteiger partial charge in [-0.05, 0) is 42.3 Å². The van der Waals surface area contributed by atoms with E-state index in [1.54, 1.807) is 25.1 Å². The molecule has 7 heteroatoms. The normalized spacial score (nSPS) is 22.2. The summed E-state index contributed by atoms with van der Waals surface area (Å²) in [6, 6.07) is 10.7. The first-order chi connectivity index (χ1) is 12.3. The van der Waals surface area contributed by atoms with Gasteiger partial charge in [0, 0.05) is 6.54 Å². The molecule has 3 rings (SSSR count). The summed E-state index contributed by atoms with van der Waals surface area (Å²) in [5.74, 6) is -0.347. The lowest BCUT2D eigenvalue weighted by Gasteiger charge is -2.34. The van der Waals surface area contributed by atoms with Crippen LogP contribution >= 0.6 is 0 Å². The van der Waals surface area contributed by atoms with E-state index in [1.807, 2.05) is 0 Å². The Kier molecular flexibility index (Phi) is 5.60. The number of alkyl halides is 3. The zero-order chi connectivity index (χ0) is 18.7.